The second-order valence-electron chi connectivity index (χ2n) is 6.36. The maximum absolute atomic E-state index is 11.7. The second-order valence-corrected chi connectivity index (χ2v) is 6.79. The normalized spacial score (nSPS) is 10.7. The number of anilines is 2. The molecule has 0 spiro atoms. The Bertz CT molecular complexity index is 1260. The Morgan fingerprint density at radius 3 is 2.72 bits per heavy atom. The molecule has 0 aliphatic heterocycles. The molecule has 0 saturated heterocycles. The van der Waals surface area contributed by atoms with E-state index in [0.29, 0.717) is 16.2 Å². The zero-order valence-corrected chi connectivity index (χ0v) is 16.0. The van der Waals surface area contributed by atoms with Crippen molar-refractivity contribution < 1.29 is 4.79 Å². The molecular weight excluding hydrogens is 386 g/mol. The van der Waals surface area contributed by atoms with Crippen LogP contribution in [0.1, 0.15) is 0 Å². The number of hydrogen-bond donors (Lipinski definition) is 2. The fraction of sp³-hybridized carbons (Fsp3) is 0. The van der Waals surface area contributed by atoms with E-state index in [0.717, 1.165) is 27.6 Å². The van der Waals surface area contributed by atoms with E-state index in [1.165, 1.54) is 6.08 Å². The topological polar surface area (TPSA) is 93.8 Å². The number of nitrogens with zero attached hydrogens (tertiary/aromatic N) is 3. The molecule has 142 valence electrons. The molecule has 7 heteroatoms. The first-order valence-electron chi connectivity index (χ1n) is 8.74. The van der Waals surface area contributed by atoms with Gasteiger partial charge in [-0.3, -0.25) is 9.78 Å². The maximum Gasteiger partial charge on any atom is 0.247 e. The number of halogens is 1. The van der Waals surface area contributed by atoms with Crippen LogP contribution in [-0.2, 0) is 4.79 Å². The van der Waals surface area contributed by atoms with Gasteiger partial charge in [0.2, 0.25) is 11.9 Å². The van der Waals surface area contributed by atoms with Crippen molar-refractivity contribution in [3.8, 4) is 22.3 Å². The van der Waals surface area contributed by atoms with Gasteiger partial charge < -0.3 is 11.1 Å². The molecule has 3 N–H and O–H groups in total. The van der Waals surface area contributed by atoms with Crippen LogP contribution in [0.15, 0.2) is 73.7 Å². The highest BCUT2D eigenvalue weighted by molar-refractivity contribution is 6.30. The Morgan fingerprint density at radius 1 is 1.07 bits per heavy atom. The summed E-state index contributed by atoms with van der Waals surface area (Å²) in [5.41, 5.74) is 10.7. The van der Waals surface area contributed by atoms with E-state index in [-0.39, 0.29) is 11.9 Å². The number of nitrogens with two attached hydrogens (primary N) is 1. The van der Waals surface area contributed by atoms with Crippen molar-refractivity contribution >= 4 is 40.0 Å². The lowest BCUT2D eigenvalue weighted by molar-refractivity contribution is -0.111. The van der Waals surface area contributed by atoms with Crippen LogP contribution in [0.5, 0.6) is 0 Å². The van der Waals surface area contributed by atoms with Gasteiger partial charge in [-0.1, -0.05) is 30.3 Å². The van der Waals surface area contributed by atoms with Crippen LogP contribution in [0.25, 0.3) is 33.2 Å². The summed E-state index contributed by atoms with van der Waals surface area (Å²) in [6.45, 7) is 3.48. The molecule has 4 rings (SSSR count). The van der Waals surface area contributed by atoms with Crippen molar-refractivity contribution in [2.45, 2.75) is 0 Å². The summed E-state index contributed by atoms with van der Waals surface area (Å²) in [4.78, 5) is 24.4. The SMILES string of the molecule is C=CC(=O)Nc1cccc(-c2cc(-c3cncc(Cl)c3)cc3cnc(N)nc23)c1. The predicted octanol–water partition coefficient (Wildman–Crippen LogP) is 4.72. The molecule has 2 heterocycles. The van der Waals surface area contributed by atoms with E-state index in [2.05, 4.69) is 26.8 Å². The van der Waals surface area contributed by atoms with Crippen LogP contribution in [0.2, 0.25) is 5.02 Å². The monoisotopic (exact) mass is 401 g/mol. The van der Waals surface area contributed by atoms with Gasteiger partial charge in [-0.25, -0.2) is 9.97 Å². The summed E-state index contributed by atoms with van der Waals surface area (Å²) in [6.07, 6.45) is 6.24. The molecule has 29 heavy (non-hydrogen) atoms. The Kier molecular flexibility index (Phi) is 4.93. The molecule has 2 aromatic heterocycles. The van der Waals surface area contributed by atoms with Crippen LogP contribution in [0.4, 0.5) is 11.6 Å². The predicted molar refractivity (Wildman–Crippen MR) is 116 cm³/mol. The van der Waals surface area contributed by atoms with E-state index < -0.39 is 0 Å². The van der Waals surface area contributed by atoms with E-state index in [4.69, 9.17) is 17.3 Å². The van der Waals surface area contributed by atoms with Gasteiger partial charge in [0.25, 0.3) is 0 Å². The summed E-state index contributed by atoms with van der Waals surface area (Å²) in [5, 5.41) is 4.15. The first-order valence-corrected chi connectivity index (χ1v) is 9.12. The Morgan fingerprint density at radius 2 is 1.93 bits per heavy atom. The Labute approximate surface area is 172 Å². The van der Waals surface area contributed by atoms with Gasteiger partial charge >= 0.3 is 0 Å². The highest BCUT2D eigenvalue weighted by Crippen LogP contribution is 2.34. The van der Waals surface area contributed by atoms with Crippen molar-refractivity contribution in [2.24, 2.45) is 0 Å². The highest BCUT2D eigenvalue weighted by Gasteiger charge is 2.12. The van der Waals surface area contributed by atoms with Crippen molar-refractivity contribution in [1.82, 2.24) is 15.0 Å². The summed E-state index contributed by atoms with van der Waals surface area (Å²) in [7, 11) is 0. The van der Waals surface area contributed by atoms with Crippen molar-refractivity contribution in [3.63, 3.8) is 0 Å². The zero-order valence-electron chi connectivity index (χ0n) is 15.3. The lowest BCUT2D eigenvalue weighted by Gasteiger charge is -2.12. The third kappa shape index (κ3) is 3.93. The number of aromatic nitrogens is 3. The lowest BCUT2D eigenvalue weighted by atomic mass is 9.96. The van der Waals surface area contributed by atoms with Gasteiger partial charge in [-0.15, -0.1) is 0 Å². The largest absolute Gasteiger partial charge is 0.368 e. The smallest absolute Gasteiger partial charge is 0.247 e. The summed E-state index contributed by atoms with van der Waals surface area (Å²) in [6, 6.07) is 13.3. The summed E-state index contributed by atoms with van der Waals surface area (Å²) in [5.74, 6) is -0.0932. The molecule has 0 aliphatic rings. The average molecular weight is 402 g/mol. The van der Waals surface area contributed by atoms with Gasteiger partial charge in [-0.2, -0.15) is 0 Å². The maximum atomic E-state index is 11.7. The number of carbonyl (C=O) groups excluding carboxylic acids is 1. The minimum Gasteiger partial charge on any atom is -0.368 e. The number of benzene rings is 2. The molecular formula is C22H16ClN5O. The summed E-state index contributed by atoms with van der Waals surface area (Å²) >= 11 is 6.12. The van der Waals surface area contributed by atoms with Gasteiger partial charge in [0, 0.05) is 40.8 Å². The van der Waals surface area contributed by atoms with Crippen molar-refractivity contribution in [3.05, 3.63) is 78.7 Å². The molecule has 2 aromatic carbocycles. The first kappa shape index (κ1) is 18.6. The molecule has 4 aromatic rings. The van der Waals surface area contributed by atoms with E-state index >= 15 is 0 Å². The summed E-state index contributed by atoms with van der Waals surface area (Å²) < 4.78 is 0. The zero-order chi connectivity index (χ0) is 20.4. The fourth-order valence-corrected chi connectivity index (χ4v) is 3.25. The molecule has 0 aliphatic carbocycles. The molecule has 6 nitrogen and oxygen atoms in total. The number of carbonyl (C=O) groups is 1. The molecule has 0 bridgehead atoms. The fourth-order valence-electron chi connectivity index (χ4n) is 3.07. The number of amides is 1. The van der Waals surface area contributed by atoms with E-state index in [1.54, 1.807) is 24.7 Å². The van der Waals surface area contributed by atoms with E-state index in [9.17, 15) is 4.79 Å². The molecule has 0 saturated carbocycles. The van der Waals surface area contributed by atoms with Crippen LogP contribution in [-0.4, -0.2) is 20.9 Å². The standard InChI is InChI=1S/C22H16ClN5O/c1-2-20(29)27-18-5-3-4-13(8-18)19-9-14(15-7-17(23)12-25-10-15)6-16-11-26-22(24)28-21(16)19/h2-12H,1H2,(H,27,29)(H2,24,26,28). The minimum atomic E-state index is -0.280. The van der Waals surface area contributed by atoms with Crippen LogP contribution in [0, 0.1) is 0 Å². The molecule has 0 radical (unpaired) electrons. The van der Waals surface area contributed by atoms with Crippen LogP contribution in [0.3, 0.4) is 0 Å². The first-order chi connectivity index (χ1) is 14.0. The number of nitrogen functional groups attached to an aromatic ring is 1. The van der Waals surface area contributed by atoms with Gasteiger partial charge in [0.15, 0.2) is 0 Å². The highest BCUT2D eigenvalue weighted by atomic mass is 35.5. The van der Waals surface area contributed by atoms with Gasteiger partial charge in [0.1, 0.15) is 0 Å². The van der Waals surface area contributed by atoms with Crippen molar-refractivity contribution in [1.29, 1.82) is 0 Å². The number of fused-ring (bicyclic) bond motifs is 1. The van der Waals surface area contributed by atoms with Gasteiger partial charge in [-0.05, 0) is 47.5 Å². The molecule has 0 atom stereocenters. The van der Waals surface area contributed by atoms with E-state index in [1.807, 2.05) is 36.4 Å². The second kappa shape index (κ2) is 7.69. The Balaban J connectivity index is 1.93. The number of rotatable bonds is 4. The van der Waals surface area contributed by atoms with Gasteiger partial charge in [0.05, 0.1) is 10.5 Å². The van der Waals surface area contributed by atoms with Crippen molar-refractivity contribution in [2.75, 3.05) is 11.1 Å². The minimum absolute atomic E-state index is 0.187. The Hall–Kier alpha value is -3.77. The lowest BCUT2D eigenvalue weighted by Crippen LogP contribution is -2.07. The number of nitrogens with one attached hydrogen (secondary N) is 1. The van der Waals surface area contributed by atoms with Crippen LogP contribution >= 0.6 is 11.6 Å². The number of hydrogen-bond acceptors (Lipinski definition) is 5. The average Bonchev–Trinajstić information content (AvgIpc) is 2.73. The third-order valence-corrected chi connectivity index (χ3v) is 4.57. The number of pyridine rings is 1. The third-order valence-electron chi connectivity index (χ3n) is 4.37. The molecule has 0 unspecified atom stereocenters. The van der Waals surface area contributed by atoms with Crippen LogP contribution < -0.4 is 11.1 Å². The molecule has 1 amide bonds. The molecule has 0 fully saturated rings. The quantitative estimate of drug-likeness (QED) is 0.482.